The Labute approximate surface area is 111 Å². The maximum Gasteiger partial charge on any atom is 0.242 e. The van der Waals surface area contributed by atoms with Gasteiger partial charge in [0, 0.05) is 13.2 Å². The molecule has 102 valence electrons. The van der Waals surface area contributed by atoms with Crippen LogP contribution in [0.5, 0.6) is 5.88 Å². The highest BCUT2D eigenvalue weighted by atomic mass is 16.5. The molecule has 0 radical (unpaired) electrons. The van der Waals surface area contributed by atoms with Crippen molar-refractivity contribution in [3.63, 3.8) is 0 Å². The van der Waals surface area contributed by atoms with Crippen molar-refractivity contribution in [1.29, 1.82) is 0 Å². The fourth-order valence-electron chi connectivity index (χ4n) is 1.64. The SMILES string of the molecule is CCCOc1ncnc(Nc2cn(C)nc2C)c1N. The normalized spacial score (nSPS) is 10.5. The first-order chi connectivity index (χ1) is 9.11. The van der Waals surface area contributed by atoms with Gasteiger partial charge in [-0.2, -0.15) is 10.1 Å². The van der Waals surface area contributed by atoms with Crippen molar-refractivity contribution >= 4 is 17.2 Å². The summed E-state index contributed by atoms with van der Waals surface area (Å²) in [6.45, 7) is 4.51. The van der Waals surface area contributed by atoms with E-state index in [2.05, 4.69) is 20.4 Å². The molecule has 2 rings (SSSR count). The molecule has 0 amide bonds. The number of ether oxygens (including phenoxy) is 1. The zero-order valence-corrected chi connectivity index (χ0v) is 11.3. The van der Waals surface area contributed by atoms with Crippen molar-refractivity contribution < 1.29 is 4.74 Å². The average Bonchev–Trinajstić information content (AvgIpc) is 2.69. The molecule has 0 aromatic carbocycles. The third kappa shape index (κ3) is 2.93. The standard InChI is InChI=1S/C12H18N6O/c1-4-5-19-12-10(13)11(14-7-15-12)16-9-6-18(3)17-8(9)2/h6-7H,4-5,13H2,1-3H3,(H,14,15,16). The van der Waals surface area contributed by atoms with Crippen LogP contribution in [0.4, 0.5) is 17.2 Å². The second-order valence-electron chi connectivity index (χ2n) is 4.22. The number of nitrogens with two attached hydrogens (primary N) is 1. The Morgan fingerprint density at radius 2 is 2.21 bits per heavy atom. The fraction of sp³-hybridized carbons (Fsp3) is 0.417. The zero-order chi connectivity index (χ0) is 13.8. The molecule has 2 aromatic heterocycles. The van der Waals surface area contributed by atoms with Gasteiger partial charge in [-0.3, -0.25) is 4.68 Å². The molecule has 0 fully saturated rings. The van der Waals surface area contributed by atoms with Crippen LogP contribution in [-0.4, -0.2) is 26.4 Å². The van der Waals surface area contributed by atoms with Gasteiger partial charge in [0.15, 0.2) is 5.82 Å². The molecule has 0 saturated heterocycles. The van der Waals surface area contributed by atoms with Crippen LogP contribution in [-0.2, 0) is 7.05 Å². The lowest BCUT2D eigenvalue weighted by Gasteiger charge is -2.10. The van der Waals surface area contributed by atoms with Crippen molar-refractivity contribution in [3.05, 3.63) is 18.2 Å². The summed E-state index contributed by atoms with van der Waals surface area (Å²) in [7, 11) is 1.86. The Balaban J connectivity index is 2.23. The largest absolute Gasteiger partial charge is 0.476 e. The Morgan fingerprint density at radius 1 is 1.42 bits per heavy atom. The summed E-state index contributed by atoms with van der Waals surface area (Å²) in [5, 5.41) is 7.39. The van der Waals surface area contributed by atoms with Crippen LogP contribution in [0.15, 0.2) is 12.5 Å². The smallest absolute Gasteiger partial charge is 0.242 e. The molecule has 0 saturated carbocycles. The minimum Gasteiger partial charge on any atom is -0.476 e. The van der Waals surface area contributed by atoms with Gasteiger partial charge >= 0.3 is 0 Å². The second-order valence-corrected chi connectivity index (χ2v) is 4.22. The van der Waals surface area contributed by atoms with E-state index in [1.165, 1.54) is 6.33 Å². The van der Waals surface area contributed by atoms with Crippen LogP contribution >= 0.6 is 0 Å². The number of nitrogens with zero attached hydrogens (tertiary/aromatic N) is 4. The third-order valence-corrected chi connectivity index (χ3v) is 2.56. The number of aryl methyl sites for hydroxylation is 2. The third-order valence-electron chi connectivity index (χ3n) is 2.56. The van der Waals surface area contributed by atoms with Crippen molar-refractivity contribution in [2.45, 2.75) is 20.3 Å². The van der Waals surface area contributed by atoms with Crippen LogP contribution in [0.25, 0.3) is 0 Å². The van der Waals surface area contributed by atoms with Gasteiger partial charge in [0.25, 0.3) is 0 Å². The molecule has 0 aliphatic heterocycles. The Kier molecular flexibility index (Phi) is 3.84. The summed E-state index contributed by atoms with van der Waals surface area (Å²) in [4.78, 5) is 8.15. The molecule has 0 unspecified atom stereocenters. The molecule has 0 atom stereocenters. The molecule has 0 aliphatic rings. The summed E-state index contributed by atoms with van der Waals surface area (Å²) in [5.74, 6) is 0.929. The van der Waals surface area contributed by atoms with E-state index in [-0.39, 0.29) is 0 Å². The number of rotatable bonds is 5. The first-order valence-corrected chi connectivity index (χ1v) is 6.12. The van der Waals surface area contributed by atoms with Crippen LogP contribution < -0.4 is 15.8 Å². The van der Waals surface area contributed by atoms with E-state index in [1.807, 2.05) is 27.1 Å². The number of hydrogen-bond acceptors (Lipinski definition) is 6. The topological polar surface area (TPSA) is 90.9 Å². The quantitative estimate of drug-likeness (QED) is 0.851. The Morgan fingerprint density at radius 3 is 2.84 bits per heavy atom. The van der Waals surface area contributed by atoms with Crippen molar-refractivity contribution in [1.82, 2.24) is 19.7 Å². The number of anilines is 3. The molecule has 3 N–H and O–H groups in total. The molecule has 7 nitrogen and oxygen atoms in total. The van der Waals surface area contributed by atoms with Gasteiger partial charge in [0.05, 0.1) is 18.0 Å². The maximum atomic E-state index is 5.99. The van der Waals surface area contributed by atoms with E-state index in [0.717, 1.165) is 17.8 Å². The van der Waals surface area contributed by atoms with E-state index < -0.39 is 0 Å². The lowest BCUT2D eigenvalue weighted by atomic mass is 10.3. The minimum absolute atomic E-state index is 0.402. The highest BCUT2D eigenvalue weighted by Crippen LogP contribution is 2.28. The first kappa shape index (κ1) is 13.1. The monoisotopic (exact) mass is 262 g/mol. The highest BCUT2D eigenvalue weighted by molar-refractivity contribution is 5.72. The van der Waals surface area contributed by atoms with Crippen LogP contribution in [0.1, 0.15) is 19.0 Å². The van der Waals surface area contributed by atoms with Crippen molar-refractivity contribution in [2.75, 3.05) is 17.7 Å². The summed E-state index contributed by atoms with van der Waals surface area (Å²) >= 11 is 0. The number of nitrogen functional groups attached to an aromatic ring is 1. The molecular formula is C12H18N6O. The Bertz CT molecular complexity index is 565. The van der Waals surface area contributed by atoms with Gasteiger partial charge in [0.2, 0.25) is 5.88 Å². The second kappa shape index (κ2) is 5.55. The van der Waals surface area contributed by atoms with Crippen LogP contribution in [0.2, 0.25) is 0 Å². The van der Waals surface area contributed by atoms with Gasteiger partial charge < -0.3 is 15.8 Å². The number of nitrogens with one attached hydrogen (secondary N) is 1. The summed E-state index contributed by atoms with van der Waals surface area (Å²) < 4.78 is 7.19. The zero-order valence-electron chi connectivity index (χ0n) is 11.3. The Hall–Kier alpha value is -2.31. The van der Waals surface area contributed by atoms with Gasteiger partial charge in [-0.05, 0) is 13.3 Å². The molecule has 0 bridgehead atoms. The summed E-state index contributed by atoms with van der Waals surface area (Å²) in [6.07, 6.45) is 4.19. The molecule has 19 heavy (non-hydrogen) atoms. The summed E-state index contributed by atoms with van der Waals surface area (Å²) in [6, 6.07) is 0. The fourth-order valence-corrected chi connectivity index (χ4v) is 1.64. The number of hydrogen-bond donors (Lipinski definition) is 2. The van der Waals surface area contributed by atoms with Gasteiger partial charge in [-0.15, -0.1) is 0 Å². The van der Waals surface area contributed by atoms with Gasteiger partial charge in [0.1, 0.15) is 12.0 Å². The summed E-state index contributed by atoms with van der Waals surface area (Å²) in [5.41, 5.74) is 8.12. The molecule has 7 heteroatoms. The van der Waals surface area contributed by atoms with Crippen LogP contribution in [0, 0.1) is 6.92 Å². The first-order valence-electron chi connectivity index (χ1n) is 6.12. The van der Waals surface area contributed by atoms with Crippen LogP contribution in [0.3, 0.4) is 0 Å². The molecular weight excluding hydrogens is 244 g/mol. The van der Waals surface area contributed by atoms with Gasteiger partial charge in [-0.25, -0.2) is 4.98 Å². The number of aromatic nitrogens is 4. The molecule has 2 aromatic rings. The van der Waals surface area contributed by atoms with E-state index in [9.17, 15) is 0 Å². The average molecular weight is 262 g/mol. The molecule has 0 spiro atoms. The predicted octanol–water partition coefficient (Wildman–Crippen LogP) is 1.63. The van der Waals surface area contributed by atoms with Crippen molar-refractivity contribution in [3.8, 4) is 5.88 Å². The van der Waals surface area contributed by atoms with E-state index in [1.54, 1.807) is 4.68 Å². The molecule has 0 aliphatic carbocycles. The predicted molar refractivity (Wildman–Crippen MR) is 73.5 cm³/mol. The lowest BCUT2D eigenvalue weighted by molar-refractivity contribution is 0.307. The lowest BCUT2D eigenvalue weighted by Crippen LogP contribution is -2.06. The van der Waals surface area contributed by atoms with E-state index >= 15 is 0 Å². The van der Waals surface area contributed by atoms with Crippen molar-refractivity contribution in [2.24, 2.45) is 7.05 Å². The van der Waals surface area contributed by atoms with E-state index in [4.69, 9.17) is 10.5 Å². The minimum atomic E-state index is 0.402. The van der Waals surface area contributed by atoms with Gasteiger partial charge in [-0.1, -0.05) is 6.92 Å². The molecule has 2 heterocycles. The van der Waals surface area contributed by atoms with E-state index in [0.29, 0.717) is 24.0 Å². The highest BCUT2D eigenvalue weighted by Gasteiger charge is 2.11. The maximum absolute atomic E-state index is 5.99.